The molecule has 0 saturated carbocycles. The van der Waals surface area contributed by atoms with Crippen LogP contribution >= 0.6 is 11.6 Å². The van der Waals surface area contributed by atoms with Gasteiger partial charge in [0.2, 0.25) is 0 Å². The smallest absolute Gasteiger partial charge is 0.0848 e. The first-order chi connectivity index (χ1) is 7.06. The monoisotopic (exact) mass is 222 g/mol. The summed E-state index contributed by atoms with van der Waals surface area (Å²) in [6.07, 6.45) is 0. The Kier molecular flexibility index (Phi) is 3.92. The number of nitrogens with two attached hydrogens (primary N) is 1. The molecule has 0 saturated heterocycles. The molecular weight excluding hydrogens is 208 g/mol. The van der Waals surface area contributed by atoms with Crippen molar-refractivity contribution in [2.24, 2.45) is 10.7 Å². The molecule has 0 bridgehead atoms. The van der Waals surface area contributed by atoms with E-state index in [9.17, 15) is 0 Å². The highest BCUT2D eigenvalue weighted by Gasteiger charge is 2.05. The van der Waals surface area contributed by atoms with Crippen LogP contribution in [0, 0.1) is 6.92 Å². The molecule has 0 amide bonds. The molecule has 1 aromatic rings. The maximum Gasteiger partial charge on any atom is 0.0848 e. The zero-order chi connectivity index (χ0) is 11.4. The van der Waals surface area contributed by atoms with Crippen LogP contribution in [-0.2, 0) is 0 Å². The van der Waals surface area contributed by atoms with Crippen LogP contribution in [0.25, 0.3) is 5.70 Å². The number of allylic oxidation sites excluding steroid dienone is 1. The van der Waals surface area contributed by atoms with Crippen molar-refractivity contribution >= 4 is 23.0 Å². The van der Waals surface area contributed by atoms with Crippen molar-refractivity contribution in [3.63, 3.8) is 0 Å². The largest absolute Gasteiger partial charge is 0.397 e. The molecule has 0 aliphatic heterocycles. The molecule has 0 unspecified atom stereocenters. The number of benzene rings is 1. The number of nitrogens with zero attached hydrogens (tertiary/aromatic N) is 1. The summed E-state index contributed by atoms with van der Waals surface area (Å²) in [5.41, 5.74) is 9.36. The molecule has 1 aromatic carbocycles. The second kappa shape index (κ2) is 4.99. The summed E-state index contributed by atoms with van der Waals surface area (Å²) in [5, 5.41) is 0.517. The summed E-state index contributed by atoms with van der Waals surface area (Å²) in [6, 6.07) is 7.92. The Labute approximate surface area is 95.5 Å². The summed E-state index contributed by atoms with van der Waals surface area (Å²) >= 11 is 6.09. The third-order valence-electron chi connectivity index (χ3n) is 2.22. The molecule has 3 heteroatoms. The summed E-state index contributed by atoms with van der Waals surface area (Å²) < 4.78 is 0. The molecule has 0 heterocycles. The summed E-state index contributed by atoms with van der Waals surface area (Å²) in [5.74, 6) is 0. The first kappa shape index (κ1) is 11.8. The minimum atomic E-state index is 0.517. The van der Waals surface area contributed by atoms with Gasteiger partial charge in [-0.1, -0.05) is 35.4 Å². The highest BCUT2D eigenvalue weighted by Crippen LogP contribution is 2.18. The molecule has 0 fully saturated rings. The minimum absolute atomic E-state index is 0.517. The van der Waals surface area contributed by atoms with Crippen LogP contribution in [-0.4, -0.2) is 12.8 Å². The van der Waals surface area contributed by atoms with Crippen LogP contribution < -0.4 is 5.73 Å². The van der Waals surface area contributed by atoms with E-state index in [0.717, 1.165) is 16.8 Å². The van der Waals surface area contributed by atoms with E-state index in [-0.39, 0.29) is 0 Å². The fourth-order valence-corrected chi connectivity index (χ4v) is 1.43. The second-order valence-corrected chi connectivity index (χ2v) is 3.78. The van der Waals surface area contributed by atoms with E-state index < -0.39 is 0 Å². The Balaban J connectivity index is 3.19. The van der Waals surface area contributed by atoms with Gasteiger partial charge in [0.15, 0.2) is 0 Å². The van der Waals surface area contributed by atoms with Crippen LogP contribution in [0.4, 0.5) is 0 Å². The topological polar surface area (TPSA) is 38.4 Å². The number of aryl methyl sites for hydroxylation is 1. The van der Waals surface area contributed by atoms with Gasteiger partial charge in [0.05, 0.1) is 16.4 Å². The Morgan fingerprint density at radius 1 is 1.40 bits per heavy atom. The molecule has 0 atom stereocenters. The van der Waals surface area contributed by atoms with Gasteiger partial charge in [-0.3, -0.25) is 4.99 Å². The lowest BCUT2D eigenvalue weighted by Gasteiger charge is -2.06. The lowest BCUT2D eigenvalue weighted by Crippen LogP contribution is -2.04. The van der Waals surface area contributed by atoms with Crippen molar-refractivity contribution in [3.8, 4) is 0 Å². The number of rotatable bonds is 2. The molecule has 2 nitrogen and oxygen atoms in total. The van der Waals surface area contributed by atoms with Crippen LogP contribution in [0.1, 0.15) is 18.1 Å². The Morgan fingerprint density at radius 3 is 2.60 bits per heavy atom. The van der Waals surface area contributed by atoms with Crippen LogP contribution in [0.2, 0.25) is 0 Å². The molecule has 1 rings (SSSR count). The normalized spacial score (nSPS) is 13.7. The van der Waals surface area contributed by atoms with E-state index >= 15 is 0 Å². The lowest BCUT2D eigenvalue weighted by molar-refractivity contribution is 1.40. The van der Waals surface area contributed by atoms with E-state index in [2.05, 4.69) is 4.99 Å². The van der Waals surface area contributed by atoms with Crippen molar-refractivity contribution in [2.75, 3.05) is 7.05 Å². The molecule has 0 aliphatic carbocycles. The average molecular weight is 223 g/mol. The van der Waals surface area contributed by atoms with Crippen molar-refractivity contribution < 1.29 is 0 Å². The summed E-state index contributed by atoms with van der Waals surface area (Å²) in [6.45, 7) is 3.86. The van der Waals surface area contributed by atoms with Gasteiger partial charge in [0, 0.05) is 7.05 Å². The standard InChI is InChI=1S/C12H15ClN2/c1-8-5-4-6-10(7-8)12(14)11(13)9(2)15-3/h4-7H,14H2,1-3H3. The SMILES string of the molecule is CN=C(C)C(Cl)=C(N)c1cccc(C)c1. The molecule has 0 spiro atoms. The third-order valence-corrected chi connectivity index (χ3v) is 2.70. The van der Waals surface area contributed by atoms with Crippen molar-refractivity contribution in [2.45, 2.75) is 13.8 Å². The van der Waals surface area contributed by atoms with Gasteiger partial charge in [-0.25, -0.2) is 0 Å². The molecule has 0 aromatic heterocycles. The quantitative estimate of drug-likeness (QED) is 0.768. The van der Waals surface area contributed by atoms with Crippen molar-refractivity contribution in [1.29, 1.82) is 0 Å². The number of halogens is 1. The van der Waals surface area contributed by atoms with Gasteiger partial charge in [-0.15, -0.1) is 0 Å². The molecule has 2 N–H and O–H groups in total. The van der Waals surface area contributed by atoms with Gasteiger partial charge in [0.25, 0.3) is 0 Å². The van der Waals surface area contributed by atoms with Crippen LogP contribution in [0.3, 0.4) is 0 Å². The van der Waals surface area contributed by atoms with Gasteiger partial charge in [-0.05, 0) is 25.5 Å². The van der Waals surface area contributed by atoms with E-state index in [0.29, 0.717) is 10.7 Å². The van der Waals surface area contributed by atoms with E-state index in [1.54, 1.807) is 7.05 Å². The number of aliphatic imine (C=N–C) groups is 1. The predicted molar refractivity (Wildman–Crippen MR) is 67.2 cm³/mol. The highest BCUT2D eigenvalue weighted by atomic mass is 35.5. The first-order valence-corrected chi connectivity index (χ1v) is 5.10. The zero-order valence-electron chi connectivity index (χ0n) is 9.21. The first-order valence-electron chi connectivity index (χ1n) is 4.72. The van der Waals surface area contributed by atoms with Crippen LogP contribution in [0.5, 0.6) is 0 Å². The fourth-order valence-electron chi connectivity index (χ4n) is 1.23. The van der Waals surface area contributed by atoms with Gasteiger partial charge in [0.1, 0.15) is 0 Å². The highest BCUT2D eigenvalue weighted by molar-refractivity contribution is 6.46. The molecule has 15 heavy (non-hydrogen) atoms. The van der Waals surface area contributed by atoms with Crippen LogP contribution in [0.15, 0.2) is 34.3 Å². The van der Waals surface area contributed by atoms with Gasteiger partial charge >= 0.3 is 0 Å². The van der Waals surface area contributed by atoms with Gasteiger partial charge < -0.3 is 5.73 Å². The summed E-state index contributed by atoms with van der Waals surface area (Å²) in [4.78, 5) is 4.00. The molecular formula is C12H15ClN2. The predicted octanol–water partition coefficient (Wildman–Crippen LogP) is 2.95. The number of hydrogen-bond donors (Lipinski definition) is 1. The van der Waals surface area contributed by atoms with E-state index in [1.807, 2.05) is 38.1 Å². The fraction of sp³-hybridized carbons (Fsp3) is 0.250. The molecule has 0 aliphatic rings. The molecule has 80 valence electrons. The average Bonchev–Trinajstić information content (AvgIpc) is 2.26. The number of hydrogen-bond acceptors (Lipinski definition) is 2. The maximum atomic E-state index is 6.09. The third kappa shape index (κ3) is 2.83. The zero-order valence-corrected chi connectivity index (χ0v) is 9.97. The van der Waals surface area contributed by atoms with Crippen molar-refractivity contribution in [3.05, 3.63) is 40.4 Å². The second-order valence-electron chi connectivity index (χ2n) is 3.41. The summed E-state index contributed by atoms with van der Waals surface area (Å²) in [7, 11) is 1.70. The van der Waals surface area contributed by atoms with Gasteiger partial charge in [-0.2, -0.15) is 0 Å². The minimum Gasteiger partial charge on any atom is -0.397 e. The Morgan fingerprint density at radius 2 is 2.07 bits per heavy atom. The Bertz CT molecular complexity index is 419. The molecule has 0 radical (unpaired) electrons. The lowest BCUT2D eigenvalue weighted by atomic mass is 10.1. The Hall–Kier alpha value is -1.28. The van der Waals surface area contributed by atoms with E-state index in [4.69, 9.17) is 17.3 Å². The maximum absolute atomic E-state index is 6.09. The van der Waals surface area contributed by atoms with E-state index in [1.165, 1.54) is 0 Å². The van der Waals surface area contributed by atoms with Crippen molar-refractivity contribution in [1.82, 2.24) is 0 Å².